The average molecular weight is 441 g/mol. The summed E-state index contributed by atoms with van der Waals surface area (Å²) in [6.45, 7) is 1.84. The van der Waals surface area contributed by atoms with Crippen LogP contribution in [-0.4, -0.2) is 20.2 Å². The zero-order chi connectivity index (χ0) is 22.6. The molecule has 0 saturated heterocycles. The van der Waals surface area contributed by atoms with Gasteiger partial charge in [-0.3, -0.25) is 9.59 Å². The average Bonchev–Trinajstić information content (AvgIpc) is 2.72. The summed E-state index contributed by atoms with van der Waals surface area (Å²) in [5, 5.41) is 10.6. The standard InChI is InChI=1S/C22H20FN3O4S/c1-14-5-10-19(31(24,29)30)12-20(14)22(28)25-13-15-3-2-4-18(11-15)26-21(27)16-6-8-17(23)9-7-16/h2-12H,13H2,1H3,(H,25,28)(H,26,27)(H2,24,29,30). The maximum Gasteiger partial charge on any atom is 0.255 e. The van der Waals surface area contributed by atoms with Crippen LogP contribution in [0.5, 0.6) is 0 Å². The number of hydrogen-bond donors (Lipinski definition) is 3. The van der Waals surface area contributed by atoms with Gasteiger partial charge in [-0.15, -0.1) is 0 Å². The minimum atomic E-state index is -3.93. The molecule has 0 fully saturated rings. The molecule has 0 bridgehead atoms. The topological polar surface area (TPSA) is 118 Å². The zero-order valence-electron chi connectivity index (χ0n) is 16.6. The lowest BCUT2D eigenvalue weighted by molar-refractivity contribution is 0.0949. The number of carbonyl (C=O) groups is 2. The third-order valence-corrected chi connectivity index (χ3v) is 5.44. The number of benzene rings is 3. The normalized spacial score (nSPS) is 11.1. The number of primary sulfonamides is 1. The smallest absolute Gasteiger partial charge is 0.255 e. The Hall–Kier alpha value is -3.56. The first kappa shape index (κ1) is 22.1. The van der Waals surface area contributed by atoms with Crippen LogP contribution in [0.3, 0.4) is 0 Å². The molecule has 31 heavy (non-hydrogen) atoms. The van der Waals surface area contributed by atoms with Gasteiger partial charge in [0, 0.05) is 23.4 Å². The number of rotatable bonds is 6. The fourth-order valence-electron chi connectivity index (χ4n) is 2.86. The van der Waals surface area contributed by atoms with Gasteiger partial charge in [-0.25, -0.2) is 17.9 Å². The maximum absolute atomic E-state index is 13.0. The Morgan fingerprint density at radius 2 is 1.68 bits per heavy atom. The molecule has 3 aromatic carbocycles. The molecule has 2 amide bonds. The summed E-state index contributed by atoms with van der Waals surface area (Å²) in [5.41, 5.74) is 2.34. The number of hydrogen-bond acceptors (Lipinski definition) is 4. The summed E-state index contributed by atoms with van der Waals surface area (Å²) in [4.78, 5) is 24.7. The van der Waals surface area contributed by atoms with Crippen molar-refractivity contribution in [2.45, 2.75) is 18.4 Å². The number of nitrogens with one attached hydrogen (secondary N) is 2. The van der Waals surface area contributed by atoms with E-state index in [4.69, 9.17) is 5.14 Å². The second-order valence-electron chi connectivity index (χ2n) is 6.87. The van der Waals surface area contributed by atoms with Crippen LogP contribution in [0.2, 0.25) is 0 Å². The molecule has 0 aliphatic heterocycles. The number of halogens is 1. The van der Waals surface area contributed by atoms with E-state index in [1.165, 1.54) is 42.5 Å². The van der Waals surface area contributed by atoms with Crippen LogP contribution >= 0.6 is 0 Å². The van der Waals surface area contributed by atoms with Crippen molar-refractivity contribution in [1.29, 1.82) is 0 Å². The Balaban J connectivity index is 1.68. The van der Waals surface area contributed by atoms with Gasteiger partial charge in [0.2, 0.25) is 10.0 Å². The molecular weight excluding hydrogens is 421 g/mol. The molecule has 0 unspecified atom stereocenters. The molecule has 3 aromatic rings. The summed E-state index contributed by atoms with van der Waals surface area (Å²) < 4.78 is 36.1. The van der Waals surface area contributed by atoms with E-state index in [-0.39, 0.29) is 17.0 Å². The molecule has 0 aromatic heterocycles. The van der Waals surface area contributed by atoms with Crippen LogP contribution in [0.15, 0.2) is 71.6 Å². The maximum atomic E-state index is 13.0. The van der Waals surface area contributed by atoms with Crippen LogP contribution in [0, 0.1) is 12.7 Å². The number of nitrogens with two attached hydrogens (primary N) is 1. The van der Waals surface area contributed by atoms with Crippen LogP contribution in [0.25, 0.3) is 0 Å². The number of carbonyl (C=O) groups excluding carboxylic acids is 2. The van der Waals surface area contributed by atoms with Crippen molar-refractivity contribution < 1.29 is 22.4 Å². The van der Waals surface area contributed by atoms with Crippen molar-refractivity contribution in [1.82, 2.24) is 5.32 Å². The van der Waals surface area contributed by atoms with Crippen LogP contribution in [-0.2, 0) is 16.6 Å². The van der Waals surface area contributed by atoms with Crippen molar-refractivity contribution in [2.75, 3.05) is 5.32 Å². The van der Waals surface area contributed by atoms with Crippen molar-refractivity contribution >= 4 is 27.5 Å². The second kappa shape index (κ2) is 9.07. The highest BCUT2D eigenvalue weighted by Gasteiger charge is 2.15. The first-order valence-corrected chi connectivity index (χ1v) is 10.8. The Kier molecular flexibility index (Phi) is 6.47. The van der Waals surface area contributed by atoms with Crippen LogP contribution in [0.1, 0.15) is 31.8 Å². The van der Waals surface area contributed by atoms with E-state index in [0.29, 0.717) is 22.4 Å². The van der Waals surface area contributed by atoms with E-state index < -0.39 is 27.7 Å². The van der Waals surface area contributed by atoms with E-state index in [1.54, 1.807) is 31.2 Å². The summed E-state index contributed by atoms with van der Waals surface area (Å²) in [5.74, 6) is -1.28. The highest BCUT2D eigenvalue weighted by atomic mass is 32.2. The lowest BCUT2D eigenvalue weighted by Gasteiger charge is -2.11. The Labute approximate surface area is 179 Å². The number of aryl methyl sites for hydroxylation is 1. The van der Waals surface area contributed by atoms with E-state index in [1.807, 2.05) is 0 Å². The van der Waals surface area contributed by atoms with E-state index in [0.717, 1.165) is 0 Å². The van der Waals surface area contributed by atoms with Crippen molar-refractivity contribution in [2.24, 2.45) is 5.14 Å². The highest BCUT2D eigenvalue weighted by Crippen LogP contribution is 2.16. The van der Waals surface area contributed by atoms with Crippen LogP contribution in [0.4, 0.5) is 10.1 Å². The van der Waals surface area contributed by atoms with Crippen LogP contribution < -0.4 is 15.8 Å². The molecular formula is C22H20FN3O4S. The first-order valence-electron chi connectivity index (χ1n) is 9.21. The Morgan fingerprint density at radius 1 is 0.968 bits per heavy atom. The van der Waals surface area contributed by atoms with Gasteiger partial charge in [0.15, 0.2) is 0 Å². The number of anilines is 1. The molecule has 7 nitrogen and oxygen atoms in total. The van der Waals surface area contributed by atoms with Crippen molar-refractivity contribution in [3.8, 4) is 0 Å². The second-order valence-corrected chi connectivity index (χ2v) is 8.43. The van der Waals surface area contributed by atoms with Gasteiger partial charge < -0.3 is 10.6 Å². The molecule has 0 radical (unpaired) electrons. The van der Waals surface area contributed by atoms with Gasteiger partial charge >= 0.3 is 0 Å². The van der Waals surface area contributed by atoms with Gasteiger partial charge in [-0.05, 0) is 66.6 Å². The molecule has 0 aliphatic rings. The summed E-state index contributed by atoms with van der Waals surface area (Å²) in [6, 6.07) is 16.1. The quantitative estimate of drug-likeness (QED) is 0.545. The summed E-state index contributed by atoms with van der Waals surface area (Å²) in [6.07, 6.45) is 0. The summed E-state index contributed by atoms with van der Waals surface area (Å²) in [7, 11) is -3.93. The zero-order valence-corrected chi connectivity index (χ0v) is 17.4. The van der Waals surface area contributed by atoms with Gasteiger partial charge in [-0.2, -0.15) is 0 Å². The van der Waals surface area contributed by atoms with Gasteiger partial charge in [0.25, 0.3) is 11.8 Å². The number of amides is 2. The fourth-order valence-corrected chi connectivity index (χ4v) is 3.40. The van der Waals surface area contributed by atoms with E-state index >= 15 is 0 Å². The molecule has 160 valence electrons. The third kappa shape index (κ3) is 5.74. The lowest BCUT2D eigenvalue weighted by Crippen LogP contribution is -2.24. The lowest BCUT2D eigenvalue weighted by atomic mass is 10.1. The molecule has 0 spiro atoms. The minimum absolute atomic E-state index is 0.145. The fraction of sp³-hybridized carbons (Fsp3) is 0.0909. The molecule has 0 atom stereocenters. The molecule has 4 N–H and O–H groups in total. The third-order valence-electron chi connectivity index (χ3n) is 4.53. The predicted molar refractivity (Wildman–Crippen MR) is 115 cm³/mol. The van der Waals surface area contributed by atoms with Crippen molar-refractivity contribution in [3.05, 3.63) is 94.8 Å². The van der Waals surface area contributed by atoms with Gasteiger partial charge in [0.05, 0.1) is 4.90 Å². The first-order chi connectivity index (χ1) is 14.6. The molecule has 0 saturated carbocycles. The molecule has 9 heteroatoms. The Morgan fingerprint density at radius 3 is 2.35 bits per heavy atom. The Bertz CT molecular complexity index is 1240. The van der Waals surface area contributed by atoms with Gasteiger partial charge in [0.1, 0.15) is 5.82 Å². The monoisotopic (exact) mass is 441 g/mol. The van der Waals surface area contributed by atoms with Crippen molar-refractivity contribution in [3.63, 3.8) is 0 Å². The number of sulfonamides is 1. The molecule has 0 aliphatic carbocycles. The summed E-state index contributed by atoms with van der Waals surface area (Å²) >= 11 is 0. The highest BCUT2D eigenvalue weighted by molar-refractivity contribution is 7.89. The SMILES string of the molecule is Cc1ccc(S(N)(=O)=O)cc1C(=O)NCc1cccc(NC(=O)c2ccc(F)cc2)c1. The molecule has 3 rings (SSSR count). The largest absolute Gasteiger partial charge is 0.348 e. The predicted octanol–water partition coefficient (Wildman–Crippen LogP) is 2.96. The molecule has 0 heterocycles. The van der Waals surface area contributed by atoms with E-state index in [2.05, 4.69) is 10.6 Å². The van der Waals surface area contributed by atoms with Gasteiger partial charge in [-0.1, -0.05) is 18.2 Å². The van der Waals surface area contributed by atoms with E-state index in [9.17, 15) is 22.4 Å². The minimum Gasteiger partial charge on any atom is -0.348 e.